The number of amides is 2. The third-order valence-electron chi connectivity index (χ3n) is 6.83. The predicted molar refractivity (Wildman–Crippen MR) is 123 cm³/mol. The third-order valence-corrected chi connectivity index (χ3v) is 6.83. The number of benzene rings is 2. The lowest BCUT2D eigenvalue weighted by molar-refractivity contribution is -0.165. The third kappa shape index (κ3) is 4.80. The number of hydrogen-bond donors (Lipinski definition) is 0. The van der Waals surface area contributed by atoms with Crippen molar-refractivity contribution in [3.8, 4) is 0 Å². The molecule has 2 aromatic carbocycles. The summed E-state index contributed by atoms with van der Waals surface area (Å²) >= 11 is 0. The predicted octanol–water partition coefficient (Wildman–Crippen LogP) is 5.39. The van der Waals surface area contributed by atoms with Gasteiger partial charge in [-0.05, 0) is 48.3 Å². The minimum Gasteiger partial charge on any atom is -0.459 e. The summed E-state index contributed by atoms with van der Waals surface area (Å²) in [5.74, 6) is 0.00779. The fourth-order valence-electron chi connectivity index (χ4n) is 5.03. The first-order valence-corrected chi connectivity index (χ1v) is 11.7. The number of carbonyl (C=O) groups excluding carboxylic acids is 3. The molecule has 174 valence electrons. The molecule has 2 amide bonds. The minimum absolute atomic E-state index is 0.227. The van der Waals surface area contributed by atoms with Crippen LogP contribution in [0.3, 0.4) is 0 Å². The summed E-state index contributed by atoms with van der Waals surface area (Å²) in [4.78, 5) is 40.6. The maximum atomic E-state index is 13.4. The SMILES string of the molecule is CC1CC[C@H](C(C)C)C(OC(=O)[C@@H]2OC(=O)N(C(=O)c3ccccc3)[C@H]2c2ccccc2)C1. The number of esters is 1. The molecule has 2 aromatic rings. The van der Waals surface area contributed by atoms with Gasteiger partial charge >= 0.3 is 12.1 Å². The van der Waals surface area contributed by atoms with Crippen molar-refractivity contribution in [2.24, 2.45) is 17.8 Å². The Morgan fingerprint density at radius 1 is 1.00 bits per heavy atom. The van der Waals surface area contributed by atoms with E-state index in [2.05, 4.69) is 20.8 Å². The van der Waals surface area contributed by atoms with Gasteiger partial charge in [0.05, 0.1) is 0 Å². The van der Waals surface area contributed by atoms with Crippen LogP contribution in [-0.2, 0) is 14.3 Å². The smallest absolute Gasteiger partial charge is 0.418 e. The molecule has 1 heterocycles. The molecule has 2 unspecified atom stereocenters. The number of ether oxygens (including phenoxy) is 2. The highest BCUT2D eigenvalue weighted by molar-refractivity contribution is 6.05. The number of cyclic esters (lactones) is 1. The molecular weight excluding hydrogens is 418 g/mol. The lowest BCUT2D eigenvalue weighted by Crippen LogP contribution is -2.41. The Balaban J connectivity index is 1.63. The first kappa shape index (κ1) is 23.0. The van der Waals surface area contributed by atoms with Crippen molar-refractivity contribution >= 4 is 18.0 Å². The van der Waals surface area contributed by atoms with Crippen LogP contribution in [0, 0.1) is 17.8 Å². The Morgan fingerprint density at radius 2 is 1.64 bits per heavy atom. The van der Waals surface area contributed by atoms with E-state index in [9.17, 15) is 14.4 Å². The molecule has 1 aliphatic heterocycles. The Labute approximate surface area is 194 Å². The molecule has 6 heteroatoms. The molecule has 5 atom stereocenters. The van der Waals surface area contributed by atoms with Crippen LogP contribution in [0.4, 0.5) is 4.79 Å². The highest BCUT2D eigenvalue weighted by Crippen LogP contribution is 2.39. The van der Waals surface area contributed by atoms with Gasteiger partial charge in [0.15, 0.2) is 0 Å². The van der Waals surface area contributed by atoms with Crippen molar-refractivity contribution < 1.29 is 23.9 Å². The molecule has 1 saturated carbocycles. The molecule has 0 radical (unpaired) electrons. The van der Waals surface area contributed by atoms with Crippen LogP contribution in [0.5, 0.6) is 0 Å². The Hall–Kier alpha value is -3.15. The summed E-state index contributed by atoms with van der Waals surface area (Å²) in [5.41, 5.74) is 0.998. The maximum Gasteiger partial charge on any atom is 0.418 e. The maximum absolute atomic E-state index is 13.4. The summed E-state index contributed by atoms with van der Waals surface area (Å²) < 4.78 is 11.5. The second kappa shape index (κ2) is 9.77. The number of carbonyl (C=O) groups is 3. The number of hydrogen-bond acceptors (Lipinski definition) is 5. The van der Waals surface area contributed by atoms with Crippen LogP contribution >= 0.6 is 0 Å². The van der Waals surface area contributed by atoms with Gasteiger partial charge in [-0.25, -0.2) is 14.5 Å². The molecule has 6 nitrogen and oxygen atoms in total. The molecular formula is C27H31NO5. The lowest BCUT2D eigenvalue weighted by Gasteiger charge is -2.37. The molecule has 33 heavy (non-hydrogen) atoms. The van der Waals surface area contributed by atoms with Crippen molar-refractivity contribution in [2.75, 3.05) is 0 Å². The molecule has 0 spiro atoms. The molecule has 0 bridgehead atoms. The zero-order chi connectivity index (χ0) is 23.5. The summed E-state index contributed by atoms with van der Waals surface area (Å²) in [5, 5.41) is 0. The number of nitrogens with zero attached hydrogens (tertiary/aromatic N) is 1. The fraction of sp³-hybridized carbons (Fsp3) is 0.444. The van der Waals surface area contributed by atoms with Gasteiger partial charge in [-0.1, -0.05) is 75.7 Å². The van der Waals surface area contributed by atoms with Crippen molar-refractivity contribution in [1.82, 2.24) is 4.90 Å². The van der Waals surface area contributed by atoms with Gasteiger partial charge in [0.25, 0.3) is 5.91 Å². The second-order valence-electron chi connectivity index (χ2n) is 9.50. The van der Waals surface area contributed by atoms with E-state index in [4.69, 9.17) is 9.47 Å². The Kier molecular flexibility index (Phi) is 6.82. The van der Waals surface area contributed by atoms with E-state index in [-0.39, 0.29) is 12.0 Å². The highest BCUT2D eigenvalue weighted by Gasteiger charge is 2.51. The summed E-state index contributed by atoms with van der Waals surface area (Å²) in [6.07, 6.45) is 0.631. The van der Waals surface area contributed by atoms with Crippen LogP contribution in [-0.4, -0.2) is 35.1 Å². The first-order valence-electron chi connectivity index (χ1n) is 11.7. The zero-order valence-corrected chi connectivity index (χ0v) is 19.3. The average Bonchev–Trinajstić information content (AvgIpc) is 3.16. The van der Waals surface area contributed by atoms with Gasteiger partial charge in [0, 0.05) is 5.56 Å². The minimum atomic E-state index is -1.21. The van der Waals surface area contributed by atoms with Crippen LogP contribution in [0.2, 0.25) is 0 Å². The molecule has 2 fully saturated rings. The Bertz CT molecular complexity index is 990. The zero-order valence-electron chi connectivity index (χ0n) is 19.3. The van der Waals surface area contributed by atoms with E-state index >= 15 is 0 Å². The van der Waals surface area contributed by atoms with Gasteiger partial charge in [0.1, 0.15) is 12.1 Å². The molecule has 4 rings (SSSR count). The van der Waals surface area contributed by atoms with Crippen LogP contribution in [0.1, 0.15) is 62.0 Å². The second-order valence-corrected chi connectivity index (χ2v) is 9.50. The summed E-state index contributed by atoms with van der Waals surface area (Å²) in [6.45, 7) is 6.45. The summed E-state index contributed by atoms with van der Waals surface area (Å²) in [7, 11) is 0. The fourth-order valence-corrected chi connectivity index (χ4v) is 5.03. The van der Waals surface area contributed by atoms with Crippen molar-refractivity contribution in [2.45, 2.75) is 58.3 Å². The standard InChI is InChI=1S/C27H31NO5/c1-17(2)21-15-14-18(3)16-22(21)32-26(30)24-23(19-10-6-4-7-11-19)28(27(31)33-24)25(29)20-12-8-5-9-13-20/h4-13,17-18,21-24H,14-16H2,1-3H3/t18?,21-,22?,23+,24-/m1/s1. The van der Waals surface area contributed by atoms with Crippen molar-refractivity contribution in [1.29, 1.82) is 0 Å². The van der Waals surface area contributed by atoms with Gasteiger partial charge < -0.3 is 9.47 Å². The van der Waals surface area contributed by atoms with E-state index < -0.39 is 30.1 Å². The monoisotopic (exact) mass is 449 g/mol. The van der Waals surface area contributed by atoms with Crippen LogP contribution in [0.15, 0.2) is 60.7 Å². The van der Waals surface area contributed by atoms with Gasteiger partial charge in [-0.3, -0.25) is 4.79 Å². The quantitative estimate of drug-likeness (QED) is 0.572. The molecule has 2 aliphatic rings. The first-order chi connectivity index (χ1) is 15.9. The summed E-state index contributed by atoms with van der Waals surface area (Å²) in [6, 6.07) is 16.7. The number of rotatable bonds is 5. The van der Waals surface area contributed by atoms with E-state index in [1.54, 1.807) is 42.5 Å². The van der Waals surface area contributed by atoms with Crippen LogP contribution in [0.25, 0.3) is 0 Å². The lowest BCUT2D eigenvalue weighted by atomic mass is 9.75. The van der Waals surface area contributed by atoms with Crippen molar-refractivity contribution in [3.05, 3.63) is 71.8 Å². The van der Waals surface area contributed by atoms with Gasteiger partial charge in [0.2, 0.25) is 6.10 Å². The average molecular weight is 450 g/mol. The molecule has 1 aliphatic carbocycles. The van der Waals surface area contributed by atoms with E-state index in [0.29, 0.717) is 23.0 Å². The Morgan fingerprint density at radius 3 is 2.27 bits per heavy atom. The molecule has 0 aromatic heterocycles. The normalized spacial score (nSPS) is 27.3. The molecule has 1 saturated heterocycles. The van der Waals surface area contributed by atoms with E-state index in [1.807, 2.05) is 18.2 Å². The van der Waals surface area contributed by atoms with Gasteiger partial charge in [-0.2, -0.15) is 0 Å². The van der Waals surface area contributed by atoms with Gasteiger partial charge in [-0.15, -0.1) is 0 Å². The van der Waals surface area contributed by atoms with Crippen LogP contribution < -0.4 is 0 Å². The largest absolute Gasteiger partial charge is 0.459 e. The van der Waals surface area contributed by atoms with E-state index in [0.717, 1.165) is 24.2 Å². The topological polar surface area (TPSA) is 72.9 Å². The van der Waals surface area contributed by atoms with E-state index in [1.165, 1.54) is 0 Å². The van der Waals surface area contributed by atoms with Crippen molar-refractivity contribution in [3.63, 3.8) is 0 Å². The highest BCUT2D eigenvalue weighted by atomic mass is 16.6. The number of imide groups is 1. The molecule has 0 N–H and O–H groups in total.